The normalized spacial score (nSPS) is 11.6. The van der Waals surface area contributed by atoms with Gasteiger partial charge in [-0.1, -0.05) is 11.3 Å². The molecule has 20 heavy (non-hydrogen) atoms. The molecule has 0 saturated carbocycles. The van der Waals surface area contributed by atoms with Gasteiger partial charge >= 0.3 is 5.69 Å². The lowest BCUT2D eigenvalue weighted by atomic mass is 10.3. The zero-order valence-corrected chi connectivity index (χ0v) is 12.2. The lowest BCUT2D eigenvalue weighted by Crippen LogP contribution is -2.23. The van der Waals surface area contributed by atoms with Gasteiger partial charge in [-0.25, -0.2) is 9.78 Å². The molecular formula is C10H10N6O2S2. The molecule has 0 fully saturated rings. The van der Waals surface area contributed by atoms with Crippen LogP contribution in [0.4, 0.5) is 0 Å². The third kappa shape index (κ3) is 2.23. The van der Waals surface area contributed by atoms with Crippen LogP contribution in [0, 0.1) is 6.92 Å². The Bertz CT molecular complexity index is 835. The number of tetrazole rings is 1. The fraction of sp³-hybridized carbons (Fsp3) is 0.300. The molecule has 0 aliphatic heterocycles. The molecule has 0 amide bonds. The van der Waals surface area contributed by atoms with E-state index in [-0.39, 0.29) is 18.5 Å². The highest BCUT2D eigenvalue weighted by molar-refractivity contribution is 7.11. The van der Waals surface area contributed by atoms with Crippen molar-refractivity contribution in [3.8, 4) is 11.0 Å². The number of thiazole rings is 1. The Morgan fingerprint density at radius 2 is 2.35 bits per heavy atom. The molecule has 0 radical (unpaired) electrons. The van der Waals surface area contributed by atoms with E-state index in [1.807, 2.05) is 6.92 Å². The Hall–Kier alpha value is -2.07. The van der Waals surface area contributed by atoms with Crippen molar-refractivity contribution < 1.29 is 6.11 Å². The van der Waals surface area contributed by atoms with Gasteiger partial charge in [0.1, 0.15) is 6.61 Å². The second-order valence-corrected chi connectivity index (χ2v) is 5.67. The quantitative estimate of drug-likeness (QED) is 0.707. The minimum atomic E-state index is -0.371. The van der Waals surface area contributed by atoms with Gasteiger partial charge in [0.25, 0.3) is 5.19 Å². The average Bonchev–Trinajstić information content (AvgIpc) is 3.11. The van der Waals surface area contributed by atoms with Crippen LogP contribution in [0.5, 0.6) is 5.19 Å². The number of hydrogen-bond acceptors (Lipinski definition) is 8. The predicted octanol–water partition coefficient (Wildman–Crippen LogP) is 0.766. The first-order valence-electron chi connectivity index (χ1n) is 6.05. The van der Waals surface area contributed by atoms with Gasteiger partial charge in [-0.15, -0.1) is 4.68 Å². The number of ether oxygens (including phenoxy) is 1. The molecule has 3 rings (SSSR count). The van der Waals surface area contributed by atoms with Gasteiger partial charge < -0.3 is 4.74 Å². The molecule has 3 aromatic rings. The molecule has 0 atom stereocenters. The van der Waals surface area contributed by atoms with Crippen LogP contribution in [0.25, 0.3) is 5.82 Å². The Labute approximate surface area is 122 Å². The summed E-state index contributed by atoms with van der Waals surface area (Å²) in [6, 6.07) is 0. The van der Waals surface area contributed by atoms with Gasteiger partial charge in [0.05, 0.1) is 1.37 Å². The fourth-order valence-corrected chi connectivity index (χ4v) is 2.65. The van der Waals surface area contributed by atoms with Crippen molar-refractivity contribution in [2.75, 3.05) is 0 Å². The number of aromatic nitrogens is 6. The SMILES string of the molecule is [3H]c1csc(OCc2c(-n3nnn(C)c3=O)nsc2C)n1. The lowest BCUT2D eigenvalue weighted by Gasteiger charge is -2.03. The van der Waals surface area contributed by atoms with Crippen molar-refractivity contribution in [1.29, 1.82) is 0 Å². The Morgan fingerprint density at radius 3 is 3.00 bits per heavy atom. The monoisotopic (exact) mass is 312 g/mol. The topological polar surface area (TPSA) is 87.7 Å². The smallest absolute Gasteiger partial charge is 0.369 e. The molecule has 0 aromatic carbocycles. The number of hydrogen-bond donors (Lipinski definition) is 0. The van der Waals surface area contributed by atoms with Crippen LogP contribution in [-0.4, -0.2) is 29.1 Å². The highest BCUT2D eigenvalue weighted by Gasteiger charge is 2.17. The Balaban J connectivity index is 1.90. The highest BCUT2D eigenvalue weighted by Crippen LogP contribution is 2.23. The average molecular weight is 312 g/mol. The zero-order valence-electron chi connectivity index (χ0n) is 11.6. The molecule has 0 aliphatic carbocycles. The molecule has 3 heterocycles. The van der Waals surface area contributed by atoms with Crippen LogP contribution >= 0.6 is 22.9 Å². The molecule has 0 aliphatic rings. The summed E-state index contributed by atoms with van der Waals surface area (Å²) in [5, 5.41) is 9.44. The van der Waals surface area contributed by atoms with E-state index in [0.29, 0.717) is 11.0 Å². The van der Waals surface area contributed by atoms with Crippen LogP contribution in [0.15, 0.2) is 16.3 Å². The second-order valence-electron chi connectivity index (χ2n) is 3.87. The molecule has 0 N–H and O–H groups in total. The van der Waals surface area contributed by atoms with E-state index in [9.17, 15) is 4.79 Å². The van der Waals surface area contributed by atoms with Crippen LogP contribution in [0.2, 0.25) is 0 Å². The van der Waals surface area contributed by atoms with E-state index in [1.165, 1.54) is 29.9 Å². The first kappa shape index (κ1) is 11.7. The molecule has 104 valence electrons. The predicted molar refractivity (Wildman–Crippen MR) is 73.5 cm³/mol. The van der Waals surface area contributed by atoms with Crippen molar-refractivity contribution in [3.05, 3.63) is 32.5 Å². The second kappa shape index (κ2) is 5.13. The fourth-order valence-electron chi connectivity index (χ4n) is 1.54. The van der Waals surface area contributed by atoms with Crippen LogP contribution in [-0.2, 0) is 13.7 Å². The maximum Gasteiger partial charge on any atom is 0.369 e. The first-order chi connectivity index (χ1) is 10.1. The molecule has 0 spiro atoms. The minimum Gasteiger partial charge on any atom is -0.465 e. The van der Waals surface area contributed by atoms with E-state index in [1.54, 1.807) is 5.38 Å². The summed E-state index contributed by atoms with van der Waals surface area (Å²) in [5.41, 5.74) is 0.383. The van der Waals surface area contributed by atoms with Crippen LogP contribution in [0.3, 0.4) is 0 Å². The number of aryl methyl sites for hydroxylation is 2. The lowest BCUT2D eigenvalue weighted by molar-refractivity contribution is 0.303. The molecule has 8 nitrogen and oxygen atoms in total. The van der Waals surface area contributed by atoms with Crippen LogP contribution in [0.1, 0.15) is 11.8 Å². The van der Waals surface area contributed by atoms with Gasteiger partial charge in [0.2, 0.25) is 0 Å². The van der Waals surface area contributed by atoms with Crippen molar-refractivity contribution >= 4 is 22.9 Å². The molecule has 0 saturated heterocycles. The van der Waals surface area contributed by atoms with Gasteiger partial charge in [0.15, 0.2) is 5.82 Å². The summed E-state index contributed by atoms with van der Waals surface area (Å²) in [6.07, 6.45) is 0.167. The summed E-state index contributed by atoms with van der Waals surface area (Å²) >= 11 is 2.51. The van der Waals surface area contributed by atoms with Crippen molar-refractivity contribution in [2.24, 2.45) is 7.05 Å². The van der Waals surface area contributed by atoms with E-state index in [0.717, 1.165) is 19.8 Å². The molecule has 0 bridgehead atoms. The molecule has 0 unspecified atom stereocenters. The van der Waals surface area contributed by atoms with Crippen molar-refractivity contribution in [2.45, 2.75) is 13.5 Å². The first-order valence-corrected chi connectivity index (χ1v) is 7.21. The standard InChI is InChI=1S/C10H10N6O2S2/c1-6-7(5-18-9-11-3-4-19-9)8(12-20-6)16-10(17)15(2)13-14-16/h3-4H,5H2,1-2H3/i3T. The van der Waals surface area contributed by atoms with Crippen LogP contribution < -0.4 is 10.4 Å². The van der Waals surface area contributed by atoms with E-state index in [2.05, 4.69) is 19.8 Å². The maximum absolute atomic E-state index is 11.9. The van der Waals surface area contributed by atoms with Gasteiger partial charge in [-0.3, -0.25) is 0 Å². The van der Waals surface area contributed by atoms with Gasteiger partial charge in [0, 0.05) is 29.0 Å². The van der Waals surface area contributed by atoms with E-state index >= 15 is 0 Å². The summed E-state index contributed by atoms with van der Waals surface area (Å²) < 4.78 is 19.4. The molecular weight excluding hydrogens is 300 g/mol. The number of rotatable bonds is 4. The van der Waals surface area contributed by atoms with E-state index in [4.69, 9.17) is 6.11 Å². The maximum atomic E-state index is 11.9. The summed E-state index contributed by atoms with van der Waals surface area (Å²) in [5.74, 6) is 0.415. The van der Waals surface area contributed by atoms with Gasteiger partial charge in [-0.05, 0) is 28.9 Å². The molecule has 3 aromatic heterocycles. The summed E-state index contributed by atoms with van der Waals surface area (Å²) in [4.78, 5) is 16.7. The van der Waals surface area contributed by atoms with E-state index < -0.39 is 0 Å². The van der Waals surface area contributed by atoms with Gasteiger partial charge in [-0.2, -0.15) is 9.06 Å². The minimum absolute atomic E-state index is 0.167. The Kier molecular flexibility index (Phi) is 3.01. The third-order valence-electron chi connectivity index (χ3n) is 2.59. The van der Waals surface area contributed by atoms with Crippen molar-refractivity contribution in [3.63, 3.8) is 0 Å². The number of nitrogens with zero attached hydrogens (tertiary/aromatic N) is 6. The summed E-state index contributed by atoms with van der Waals surface area (Å²) in [6.45, 7) is 2.09. The zero-order chi connectivity index (χ0) is 15.0. The largest absolute Gasteiger partial charge is 0.465 e. The highest BCUT2D eigenvalue weighted by atomic mass is 32.1. The third-order valence-corrected chi connectivity index (χ3v) is 4.01. The Morgan fingerprint density at radius 1 is 1.50 bits per heavy atom. The molecule has 10 heteroatoms. The van der Waals surface area contributed by atoms with Crippen molar-refractivity contribution in [1.82, 2.24) is 29.1 Å². The summed E-state index contributed by atoms with van der Waals surface area (Å²) in [7, 11) is 1.52.